The molecule has 1 amide bonds. The molecule has 0 spiro atoms. The van der Waals surface area contributed by atoms with Crippen LogP contribution in [0.15, 0.2) is 12.1 Å². The minimum absolute atomic E-state index is 0.334. The van der Waals surface area contributed by atoms with E-state index in [9.17, 15) is 9.59 Å². The molecule has 0 aliphatic heterocycles. The van der Waals surface area contributed by atoms with Gasteiger partial charge >= 0.3 is 5.97 Å². The summed E-state index contributed by atoms with van der Waals surface area (Å²) in [7, 11) is 0. The molecule has 0 aliphatic rings. The number of hydrogen-bond donors (Lipinski definition) is 2. The molecule has 0 unspecified atom stereocenters. The molecule has 2 N–H and O–H groups in total. The lowest BCUT2D eigenvalue weighted by Crippen LogP contribution is -2.41. The first-order chi connectivity index (χ1) is 9.36. The van der Waals surface area contributed by atoms with Crippen LogP contribution < -0.4 is 5.32 Å². The topological polar surface area (TPSA) is 66.4 Å². The summed E-state index contributed by atoms with van der Waals surface area (Å²) in [5, 5.41) is 11.7. The van der Waals surface area contributed by atoms with Gasteiger partial charge in [-0.15, -0.1) is 0 Å². The number of hydrogen-bond acceptors (Lipinski definition) is 3. The zero-order valence-corrected chi connectivity index (χ0v) is 17.7. The van der Waals surface area contributed by atoms with Crippen molar-refractivity contribution in [2.45, 2.75) is 12.5 Å². The van der Waals surface area contributed by atoms with Gasteiger partial charge in [-0.1, -0.05) is 0 Å². The molecule has 0 saturated heterocycles. The third kappa shape index (κ3) is 5.48. The van der Waals surface area contributed by atoms with Crippen LogP contribution in [-0.4, -0.2) is 35.0 Å². The van der Waals surface area contributed by atoms with Gasteiger partial charge in [0.1, 0.15) is 6.04 Å². The molecule has 1 atom stereocenters. The second-order valence-electron chi connectivity index (χ2n) is 3.89. The van der Waals surface area contributed by atoms with Crippen LogP contribution in [0.3, 0.4) is 0 Å². The lowest BCUT2D eigenvalue weighted by atomic mass is 10.1. The summed E-state index contributed by atoms with van der Waals surface area (Å²) in [4.78, 5) is 23.4. The molecule has 110 valence electrons. The Morgan fingerprint density at radius 3 is 2.55 bits per heavy atom. The maximum absolute atomic E-state index is 12.3. The molecule has 0 aliphatic carbocycles. The Bertz CT molecular complexity index is 525. The largest absolute Gasteiger partial charge is 0.480 e. The maximum Gasteiger partial charge on any atom is 0.326 e. The van der Waals surface area contributed by atoms with E-state index < -0.39 is 12.0 Å². The van der Waals surface area contributed by atoms with Crippen LogP contribution in [0.4, 0.5) is 0 Å². The fraction of sp³-hybridized carbons (Fsp3) is 0.333. The summed E-state index contributed by atoms with van der Waals surface area (Å²) in [6.45, 7) is 0. The van der Waals surface area contributed by atoms with E-state index in [1.807, 2.05) is 12.3 Å². The van der Waals surface area contributed by atoms with Gasteiger partial charge in [-0.05, 0) is 98.3 Å². The van der Waals surface area contributed by atoms with Crippen LogP contribution in [0.25, 0.3) is 0 Å². The molecule has 1 aromatic rings. The SMILES string of the molecule is CSCC[C@H](NC(=O)c1cc(I)cc(I)c1I)C(=O)O. The van der Waals surface area contributed by atoms with Crippen LogP contribution in [0.5, 0.6) is 0 Å². The molecule has 0 radical (unpaired) electrons. The number of rotatable bonds is 6. The minimum Gasteiger partial charge on any atom is -0.480 e. The molecule has 20 heavy (non-hydrogen) atoms. The molecular formula is C12H12I3NO3S. The predicted molar refractivity (Wildman–Crippen MR) is 106 cm³/mol. The quantitative estimate of drug-likeness (QED) is 0.374. The van der Waals surface area contributed by atoms with Crippen molar-refractivity contribution >= 4 is 91.4 Å². The van der Waals surface area contributed by atoms with E-state index >= 15 is 0 Å². The third-order valence-corrected chi connectivity index (χ3v) is 6.76. The summed E-state index contributed by atoms with van der Waals surface area (Å²) >= 11 is 7.98. The first-order valence-electron chi connectivity index (χ1n) is 5.54. The molecule has 1 aromatic carbocycles. The first-order valence-corrected chi connectivity index (χ1v) is 10.2. The summed E-state index contributed by atoms with van der Waals surface area (Å²) in [6, 6.07) is 2.90. The lowest BCUT2D eigenvalue weighted by Gasteiger charge is -2.15. The van der Waals surface area contributed by atoms with Crippen LogP contribution in [0, 0.1) is 10.7 Å². The molecule has 0 fully saturated rings. The number of thioether (sulfide) groups is 1. The molecule has 0 aromatic heterocycles. The number of nitrogens with one attached hydrogen (secondary N) is 1. The number of carbonyl (C=O) groups is 2. The zero-order valence-electron chi connectivity index (χ0n) is 10.5. The Morgan fingerprint density at radius 2 is 2.00 bits per heavy atom. The van der Waals surface area contributed by atoms with Crippen LogP contribution >= 0.6 is 79.5 Å². The van der Waals surface area contributed by atoms with Crippen molar-refractivity contribution in [2.75, 3.05) is 12.0 Å². The Morgan fingerprint density at radius 1 is 1.35 bits per heavy atom. The van der Waals surface area contributed by atoms with E-state index in [0.29, 0.717) is 17.7 Å². The van der Waals surface area contributed by atoms with Crippen LogP contribution in [0.2, 0.25) is 0 Å². The number of benzene rings is 1. The Hall–Kier alpha value is 0.700. The fourth-order valence-corrected chi connectivity index (χ4v) is 4.32. The van der Waals surface area contributed by atoms with Crippen molar-refractivity contribution in [1.82, 2.24) is 5.32 Å². The molecule has 0 bridgehead atoms. The monoisotopic (exact) mass is 631 g/mol. The van der Waals surface area contributed by atoms with Crippen molar-refractivity contribution in [3.63, 3.8) is 0 Å². The van der Waals surface area contributed by atoms with E-state index in [4.69, 9.17) is 5.11 Å². The van der Waals surface area contributed by atoms with Gasteiger partial charge in [-0.3, -0.25) is 4.79 Å². The van der Waals surface area contributed by atoms with Crippen molar-refractivity contribution in [3.05, 3.63) is 28.4 Å². The first kappa shape index (κ1) is 18.7. The van der Waals surface area contributed by atoms with Gasteiger partial charge in [0.2, 0.25) is 0 Å². The van der Waals surface area contributed by atoms with Crippen molar-refractivity contribution < 1.29 is 14.7 Å². The number of amides is 1. The average molecular weight is 631 g/mol. The van der Waals surface area contributed by atoms with E-state index in [-0.39, 0.29) is 5.91 Å². The Labute approximate surface area is 162 Å². The Kier molecular flexibility index (Phi) is 8.42. The van der Waals surface area contributed by atoms with Gasteiger partial charge < -0.3 is 10.4 Å². The van der Waals surface area contributed by atoms with Gasteiger partial charge in [0, 0.05) is 10.7 Å². The zero-order chi connectivity index (χ0) is 15.3. The molecule has 0 heterocycles. The number of aliphatic carboxylic acids is 1. The number of carbonyl (C=O) groups excluding carboxylic acids is 1. The molecule has 8 heteroatoms. The summed E-state index contributed by atoms with van der Waals surface area (Å²) < 4.78 is 2.78. The molecule has 0 saturated carbocycles. The third-order valence-electron chi connectivity index (χ3n) is 2.45. The fourth-order valence-electron chi connectivity index (χ4n) is 1.45. The number of carboxylic acid groups (broad SMARTS) is 1. The van der Waals surface area contributed by atoms with E-state index in [1.165, 1.54) is 0 Å². The van der Waals surface area contributed by atoms with Crippen LogP contribution in [0.1, 0.15) is 16.8 Å². The highest BCUT2D eigenvalue weighted by molar-refractivity contribution is 14.1. The van der Waals surface area contributed by atoms with Gasteiger partial charge in [-0.25, -0.2) is 4.79 Å². The van der Waals surface area contributed by atoms with Crippen molar-refractivity contribution in [2.24, 2.45) is 0 Å². The van der Waals surface area contributed by atoms with Gasteiger partial charge in [0.15, 0.2) is 0 Å². The number of halogens is 3. The van der Waals surface area contributed by atoms with E-state index in [0.717, 1.165) is 10.7 Å². The second-order valence-corrected chi connectivity index (χ2v) is 8.37. The van der Waals surface area contributed by atoms with E-state index in [1.54, 1.807) is 17.8 Å². The molecule has 4 nitrogen and oxygen atoms in total. The summed E-state index contributed by atoms with van der Waals surface area (Å²) in [5.74, 6) is -0.639. The van der Waals surface area contributed by atoms with E-state index in [2.05, 4.69) is 73.1 Å². The highest BCUT2D eigenvalue weighted by Gasteiger charge is 2.22. The maximum atomic E-state index is 12.3. The van der Waals surface area contributed by atoms with Crippen molar-refractivity contribution in [1.29, 1.82) is 0 Å². The van der Waals surface area contributed by atoms with Crippen molar-refractivity contribution in [3.8, 4) is 0 Å². The standard InChI is InChI=1S/C12H12I3NO3S/c1-20-3-2-9(12(18)19)16-11(17)7-4-6(13)5-8(14)10(7)15/h4-5,9H,2-3H2,1H3,(H,16,17)(H,18,19)/t9-/m0/s1. The molecular weight excluding hydrogens is 619 g/mol. The molecule has 1 rings (SSSR count). The average Bonchev–Trinajstić information content (AvgIpc) is 2.38. The predicted octanol–water partition coefficient (Wildman–Crippen LogP) is 3.44. The minimum atomic E-state index is -0.997. The number of carboxylic acids is 1. The van der Waals surface area contributed by atoms with Gasteiger partial charge in [0.05, 0.1) is 5.56 Å². The lowest BCUT2D eigenvalue weighted by molar-refractivity contribution is -0.139. The summed E-state index contributed by atoms with van der Waals surface area (Å²) in [5.41, 5.74) is 0.525. The van der Waals surface area contributed by atoms with Crippen LogP contribution in [-0.2, 0) is 4.79 Å². The Balaban J connectivity index is 2.92. The highest BCUT2D eigenvalue weighted by Crippen LogP contribution is 2.23. The highest BCUT2D eigenvalue weighted by atomic mass is 127. The van der Waals surface area contributed by atoms with Gasteiger partial charge in [0.25, 0.3) is 5.91 Å². The second kappa shape index (κ2) is 8.98. The van der Waals surface area contributed by atoms with Gasteiger partial charge in [-0.2, -0.15) is 11.8 Å². The normalized spacial score (nSPS) is 12.0. The smallest absolute Gasteiger partial charge is 0.326 e. The summed E-state index contributed by atoms with van der Waals surface area (Å²) in [6.07, 6.45) is 2.32.